The summed E-state index contributed by atoms with van der Waals surface area (Å²) < 4.78 is 6.92. The minimum absolute atomic E-state index is 0.0663. The summed E-state index contributed by atoms with van der Waals surface area (Å²) in [4.78, 5) is 13.7. The van der Waals surface area contributed by atoms with Crippen LogP contribution < -0.4 is 5.32 Å². The largest absolute Gasteiger partial charge is 0.467 e. The lowest BCUT2D eigenvalue weighted by atomic mass is 10.4. The van der Waals surface area contributed by atoms with Gasteiger partial charge >= 0.3 is 0 Å². The summed E-state index contributed by atoms with van der Waals surface area (Å²) in [6.07, 6.45) is 2.55. The van der Waals surface area contributed by atoms with Gasteiger partial charge in [-0.15, -0.1) is 5.10 Å². The van der Waals surface area contributed by atoms with Crippen molar-refractivity contribution in [1.82, 2.24) is 30.4 Å². The highest BCUT2D eigenvalue weighted by molar-refractivity contribution is 5.77. The monoisotopic (exact) mass is 292 g/mol. The Bertz CT molecular complexity index is 551. The zero-order valence-electron chi connectivity index (χ0n) is 12.3. The summed E-state index contributed by atoms with van der Waals surface area (Å²) in [5.74, 6) is 1.43. The molecule has 8 nitrogen and oxygen atoms in total. The van der Waals surface area contributed by atoms with Crippen LogP contribution in [0, 0.1) is 0 Å². The molecule has 0 fully saturated rings. The van der Waals surface area contributed by atoms with Crippen molar-refractivity contribution in [3.05, 3.63) is 30.0 Å². The molecule has 0 radical (unpaired) electrons. The van der Waals surface area contributed by atoms with Crippen molar-refractivity contribution < 1.29 is 9.21 Å². The maximum absolute atomic E-state index is 11.8. The Labute approximate surface area is 123 Å². The van der Waals surface area contributed by atoms with Gasteiger partial charge in [-0.1, -0.05) is 6.92 Å². The van der Waals surface area contributed by atoms with E-state index in [4.69, 9.17) is 4.42 Å². The van der Waals surface area contributed by atoms with Gasteiger partial charge in [-0.2, -0.15) is 0 Å². The molecule has 2 heterocycles. The van der Waals surface area contributed by atoms with Crippen LogP contribution in [0.3, 0.4) is 0 Å². The normalized spacial score (nSPS) is 11.0. The van der Waals surface area contributed by atoms with Gasteiger partial charge in [0.05, 0.1) is 25.9 Å². The molecule has 114 valence electrons. The molecular weight excluding hydrogens is 272 g/mol. The van der Waals surface area contributed by atoms with Gasteiger partial charge in [0, 0.05) is 6.54 Å². The lowest BCUT2D eigenvalue weighted by Crippen LogP contribution is -2.35. The van der Waals surface area contributed by atoms with Crippen molar-refractivity contribution in [3.8, 4) is 0 Å². The van der Waals surface area contributed by atoms with E-state index in [1.807, 2.05) is 18.0 Å². The SMILES string of the molecule is CCCn1nnnc1CN(C)CC(=O)NCc1ccco1. The highest BCUT2D eigenvalue weighted by atomic mass is 16.3. The quantitative estimate of drug-likeness (QED) is 0.758. The fraction of sp³-hybridized carbons (Fsp3) is 0.538. The fourth-order valence-electron chi connectivity index (χ4n) is 1.92. The van der Waals surface area contributed by atoms with E-state index in [2.05, 4.69) is 27.8 Å². The number of carbonyl (C=O) groups is 1. The Morgan fingerprint density at radius 3 is 3.10 bits per heavy atom. The van der Waals surface area contributed by atoms with Gasteiger partial charge < -0.3 is 9.73 Å². The first-order valence-electron chi connectivity index (χ1n) is 6.91. The molecule has 0 bridgehead atoms. The van der Waals surface area contributed by atoms with E-state index < -0.39 is 0 Å². The van der Waals surface area contributed by atoms with Gasteiger partial charge in [0.25, 0.3) is 0 Å². The average molecular weight is 292 g/mol. The number of carbonyl (C=O) groups excluding carboxylic acids is 1. The van der Waals surface area contributed by atoms with Crippen molar-refractivity contribution in [1.29, 1.82) is 0 Å². The Kier molecular flexibility index (Phi) is 5.44. The molecule has 1 amide bonds. The average Bonchev–Trinajstić information content (AvgIpc) is 3.09. The number of likely N-dealkylation sites (N-methyl/N-ethyl adjacent to an activating group) is 1. The minimum Gasteiger partial charge on any atom is -0.467 e. The maximum Gasteiger partial charge on any atom is 0.234 e. The lowest BCUT2D eigenvalue weighted by molar-refractivity contribution is -0.122. The Balaban J connectivity index is 1.76. The number of aryl methyl sites for hydroxylation is 1. The first-order valence-corrected chi connectivity index (χ1v) is 6.91. The predicted octanol–water partition coefficient (Wildman–Crippen LogP) is 0.424. The molecule has 0 aliphatic carbocycles. The van der Waals surface area contributed by atoms with Gasteiger partial charge in [-0.3, -0.25) is 9.69 Å². The standard InChI is InChI=1S/C13H20N6O2/c1-3-6-19-12(15-16-17-19)9-18(2)10-13(20)14-8-11-5-4-7-21-11/h4-5,7H,3,6,8-10H2,1-2H3,(H,14,20). The molecule has 0 saturated carbocycles. The van der Waals surface area contributed by atoms with Crippen LogP contribution in [0.2, 0.25) is 0 Å². The molecule has 0 spiro atoms. The van der Waals surface area contributed by atoms with Gasteiger partial charge in [-0.25, -0.2) is 4.68 Å². The summed E-state index contributed by atoms with van der Waals surface area (Å²) in [6.45, 7) is 4.05. The van der Waals surface area contributed by atoms with E-state index in [0.717, 1.165) is 24.6 Å². The Morgan fingerprint density at radius 1 is 1.52 bits per heavy atom. The number of tetrazole rings is 1. The van der Waals surface area contributed by atoms with Gasteiger partial charge in [0.15, 0.2) is 5.82 Å². The summed E-state index contributed by atoms with van der Waals surface area (Å²) in [5, 5.41) is 14.4. The second-order valence-electron chi connectivity index (χ2n) is 4.85. The first-order chi connectivity index (χ1) is 10.2. The van der Waals surface area contributed by atoms with Crippen molar-refractivity contribution in [2.24, 2.45) is 0 Å². The van der Waals surface area contributed by atoms with Gasteiger partial charge in [0.1, 0.15) is 5.76 Å². The van der Waals surface area contributed by atoms with Crippen LogP contribution >= 0.6 is 0 Å². The van der Waals surface area contributed by atoms with Crippen LogP contribution in [0.25, 0.3) is 0 Å². The topological polar surface area (TPSA) is 89.1 Å². The molecule has 2 aromatic heterocycles. The second-order valence-corrected chi connectivity index (χ2v) is 4.85. The van der Waals surface area contributed by atoms with E-state index in [9.17, 15) is 4.79 Å². The lowest BCUT2D eigenvalue weighted by Gasteiger charge is -2.15. The van der Waals surface area contributed by atoms with Gasteiger partial charge in [-0.05, 0) is 36.0 Å². The van der Waals surface area contributed by atoms with Crippen LogP contribution in [0.4, 0.5) is 0 Å². The van der Waals surface area contributed by atoms with E-state index in [0.29, 0.717) is 13.1 Å². The Morgan fingerprint density at radius 2 is 2.38 bits per heavy atom. The molecule has 0 unspecified atom stereocenters. The molecule has 0 aliphatic rings. The van der Waals surface area contributed by atoms with E-state index in [1.165, 1.54) is 0 Å². The number of nitrogens with one attached hydrogen (secondary N) is 1. The predicted molar refractivity (Wildman–Crippen MR) is 75.0 cm³/mol. The number of furan rings is 1. The number of hydrogen-bond acceptors (Lipinski definition) is 6. The minimum atomic E-state index is -0.0663. The summed E-state index contributed by atoms with van der Waals surface area (Å²) >= 11 is 0. The molecule has 0 atom stereocenters. The second kappa shape index (κ2) is 7.53. The zero-order chi connectivity index (χ0) is 15.1. The van der Waals surface area contributed by atoms with Crippen molar-refractivity contribution in [2.45, 2.75) is 33.0 Å². The van der Waals surface area contributed by atoms with Gasteiger partial charge in [0.2, 0.25) is 5.91 Å². The number of hydrogen-bond donors (Lipinski definition) is 1. The highest BCUT2D eigenvalue weighted by Gasteiger charge is 2.12. The zero-order valence-corrected chi connectivity index (χ0v) is 12.3. The molecular formula is C13H20N6O2. The summed E-state index contributed by atoms with van der Waals surface area (Å²) in [7, 11) is 1.86. The van der Waals surface area contributed by atoms with E-state index in [1.54, 1.807) is 17.0 Å². The third kappa shape index (κ3) is 4.67. The number of aromatic nitrogens is 4. The molecule has 0 aromatic carbocycles. The van der Waals surface area contributed by atoms with Crippen LogP contribution in [0.5, 0.6) is 0 Å². The van der Waals surface area contributed by atoms with Crippen LogP contribution in [-0.4, -0.2) is 44.6 Å². The number of amides is 1. The highest BCUT2D eigenvalue weighted by Crippen LogP contribution is 2.00. The molecule has 0 aliphatic heterocycles. The molecule has 2 aromatic rings. The molecule has 1 N–H and O–H groups in total. The van der Waals surface area contributed by atoms with Crippen LogP contribution in [0.15, 0.2) is 22.8 Å². The maximum atomic E-state index is 11.8. The summed E-state index contributed by atoms with van der Waals surface area (Å²) in [5.41, 5.74) is 0. The van der Waals surface area contributed by atoms with E-state index in [-0.39, 0.29) is 12.5 Å². The molecule has 8 heteroatoms. The smallest absolute Gasteiger partial charge is 0.234 e. The third-order valence-corrected chi connectivity index (χ3v) is 2.91. The van der Waals surface area contributed by atoms with Crippen molar-refractivity contribution in [2.75, 3.05) is 13.6 Å². The van der Waals surface area contributed by atoms with Crippen LogP contribution in [0.1, 0.15) is 24.9 Å². The van der Waals surface area contributed by atoms with Crippen molar-refractivity contribution >= 4 is 5.91 Å². The third-order valence-electron chi connectivity index (χ3n) is 2.91. The van der Waals surface area contributed by atoms with Crippen molar-refractivity contribution in [3.63, 3.8) is 0 Å². The number of nitrogens with zero attached hydrogens (tertiary/aromatic N) is 5. The Hall–Kier alpha value is -2.22. The molecule has 2 rings (SSSR count). The first kappa shape index (κ1) is 15.2. The summed E-state index contributed by atoms with van der Waals surface area (Å²) in [6, 6.07) is 3.62. The molecule has 21 heavy (non-hydrogen) atoms. The van der Waals surface area contributed by atoms with Crippen LogP contribution in [-0.2, 0) is 24.4 Å². The fourth-order valence-corrected chi connectivity index (χ4v) is 1.92. The molecule has 0 saturated heterocycles. The van der Waals surface area contributed by atoms with E-state index >= 15 is 0 Å². The number of rotatable bonds is 8.